The number of benzene rings is 2. The van der Waals surface area contributed by atoms with Gasteiger partial charge in [-0.05, 0) is 44.5 Å². The van der Waals surface area contributed by atoms with Gasteiger partial charge in [-0.15, -0.1) is 6.58 Å². The van der Waals surface area contributed by atoms with Crippen molar-refractivity contribution in [3.63, 3.8) is 0 Å². The minimum absolute atomic E-state index is 0.228. The van der Waals surface area contributed by atoms with Gasteiger partial charge in [-0.1, -0.05) is 41.2 Å². The minimum Gasteiger partial charge on any atom is -0.492 e. The van der Waals surface area contributed by atoms with E-state index in [0.717, 1.165) is 27.1 Å². The highest BCUT2D eigenvalue weighted by Gasteiger charge is 2.13. The molecule has 0 radical (unpaired) electrons. The number of amides is 1. The second-order valence-electron chi connectivity index (χ2n) is 6.06. The van der Waals surface area contributed by atoms with Crippen molar-refractivity contribution in [1.29, 1.82) is 0 Å². The summed E-state index contributed by atoms with van der Waals surface area (Å²) in [6, 6.07) is 11.8. The van der Waals surface area contributed by atoms with Crippen molar-refractivity contribution in [1.82, 2.24) is 4.57 Å². The third kappa shape index (κ3) is 3.48. The first-order chi connectivity index (χ1) is 12.5. The zero-order chi connectivity index (χ0) is 18.7. The first-order valence-electron chi connectivity index (χ1n) is 8.57. The van der Waals surface area contributed by atoms with Crippen LogP contribution in [0.5, 0.6) is 5.75 Å². The predicted molar refractivity (Wildman–Crippen MR) is 107 cm³/mol. The van der Waals surface area contributed by atoms with Crippen LogP contribution in [0.2, 0.25) is 0 Å². The van der Waals surface area contributed by atoms with Gasteiger partial charge >= 0.3 is 0 Å². The average molecular weight is 366 g/mol. The zero-order valence-corrected chi connectivity index (χ0v) is 16.1. The van der Waals surface area contributed by atoms with Gasteiger partial charge in [0.15, 0.2) is 4.80 Å². The van der Waals surface area contributed by atoms with Crippen LogP contribution in [0.3, 0.4) is 0 Å². The maximum Gasteiger partial charge on any atom is 0.279 e. The summed E-state index contributed by atoms with van der Waals surface area (Å²) < 4.78 is 8.79. The maximum absolute atomic E-state index is 12.8. The molecule has 134 valence electrons. The van der Waals surface area contributed by atoms with Crippen LogP contribution in [-0.2, 0) is 6.54 Å². The number of fused-ring (bicyclic) bond motifs is 1. The molecule has 3 rings (SSSR count). The molecule has 0 fully saturated rings. The van der Waals surface area contributed by atoms with Crippen LogP contribution >= 0.6 is 11.3 Å². The Morgan fingerprint density at radius 1 is 1.31 bits per heavy atom. The number of aromatic nitrogens is 1. The number of hydrogen-bond acceptors (Lipinski definition) is 3. The monoisotopic (exact) mass is 366 g/mol. The first-order valence-corrected chi connectivity index (χ1v) is 9.39. The molecule has 26 heavy (non-hydrogen) atoms. The number of thiazole rings is 1. The number of rotatable bonds is 5. The normalized spacial score (nSPS) is 11.7. The van der Waals surface area contributed by atoms with Gasteiger partial charge in [-0.25, -0.2) is 0 Å². The van der Waals surface area contributed by atoms with E-state index in [1.807, 2.05) is 61.7 Å². The molecular weight excluding hydrogens is 344 g/mol. The Morgan fingerprint density at radius 2 is 2.12 bits per heavy atom. The van der Waals surface area contributed by atoms with E-state index in [-0.39, 0.29) is 5.91 Å². The predicted octanol–water partition coefficient (Wildman–Crippen LogP) is 4.65. The van der Waals surface area contributed by atoms with Crippen molar-refractivity contribution in [2.75, 3.05) is 6.61 Å². The lowest BCUT2D eigenvalue weighted by molar-refractivity contribution is 0.0997. The van der Waals surface area contributed by atoms with Crippen LogP contribution in [0.4, 0.5) is 0 Å². The van der Waals surface area contributed by atoms with Crippen molar-refractivity contribution in [2.45, 2.75) is 27.3 Å². The average Bonchev–Trinajstić information content (AvgIpc) is 2.96. The van der Waals surface area contributed by atoms with E-state index in [9.17, 15) is 4.79 Å². The van der Waals surface area contributed by atoms with E-state index in [1.54, 1.807) is 6.08 Å². The molecule has 4 nitrogen and oxygen atoms in total. The molecule has 0 unspecified atom stereocenters. The van der Waals surface area contributed by atoms with Gasteiger partial charge in [-0.2, -0.15) is 4.99 Å². The minimum atomic E-state index is -0.228. The second-order valence-corrected chi connectivity index (χ2v) is 7.06. The Hall–Kier alpha value is -2.66. The van der Waals surface area contributed by atoms with E-state index in [0.29, 0.717) is 23.5 Å². The maximum atomic E-state index is 12.8. The fourth-order valence-corrected chi connectivity index (χ4v) is 3.92. The van der Waals surface area contributed by atoms with E-state index >= 15 is 0 Å². The molecule has 3 aromatic rings. The summed E-state index contributed by atoms with van der Waals surface area (Å²) in [5.41, 5.74) is 3.56. The molecule has 0 aliphatic rings. The highest BCUT2D eigenvalue weighted by atomic mass is 32.1. The van der Waals surface area contributed by atoms with Gasteiger partial charge in [0.05, 0.1) is 11.3 Å². The lowest BCUT2D eigenvalue weighted by atomic mass is 10.1. The molecule has 0 aliphatic carbocycles. The molecule has 0 spiro atoms. The number of nitrogens with zero attached hydrogens (tertiary/aromatic N) is 2. The Bertz CT molecular complexity index is 1040. The van der Waals surface area contributed by atoms with E-state index in [4.69, 9.17) is 4.74 Å². The molecule has 0 saturated carbocycles. The van der Waals surface area contributed by atoms with Crippen LogP contribution in [0.25, 0.3) is 10.2 Å². The molecule has 1 heterocycles. The molecule has 2 aromatic carbocycles. The van der Waals surface area contributed by atoms with Crippen LogP contribution in [0.15, 0.2) is 54.0 Å². The highest BCUT2D eigenvalue weighted by Crippen LogP contribution is 2.27. The van der Waals surface area contributed by atoms with Crippen molar-refractivity contribution >= 4 is 27.5 Å². The van der Waals surface area contributed by atoms with Gasteiger partial charge in [0, 0.05) is 12.1 Å². The summed E-state index contributed by atoms with van der Waals surface area (Å²) in [7, 11) is 0. The molecule has 0 atom stereocenters. The van der Waals surface area contributed by atoms with Crippen molar-refractivity contribution < 1.29 is 9.53 Å². The van der Waals surface area contributed by atoms with E-state index in [2.05, 4.69) is 11.6 Å². The van der Waals surface area contributed by atoms with Crippen LogP contribution in [-0.4, -0.2) is 17.1 Å². The number of ether oxygens (including phenoxy) is 1. The molecular formula is C21H22N2O2S. The highest BCUT2D eigenvalue weighted by molar-refractivity contribution is 7.16. The van der Waals surface area contributed by atoms with Crippen molar-refractivity contribution in [2.24, 2.45) is 4.99 Å². The molecule has 0 aliphatic heterocycles. The van der Waals surface area contributed by atoms with E-state index < -0.39 is 0 Å². The number of hydrogen-bond donors (Lipinski definition) is 0. The third-order valence-corrected chi connectivity index (χ3v) is 5.14. The molecule has 0 saturated heterocycles. The summed E-state index contributed by atoms with van der Waals surface area (Å²) in [5.74, 6) is 0.567. The van der Waals surface area contributed by atoms with Gasteiger partial charge < -0.3 is 9.30 Å². The molecule has 0 N–H and O–H groups in total. The number of aryl methyl sites for hydroxylation is 2. The summed E-state index contributed by atoms with van der Waals surface area (Å²) >= 11 is 1.48. The summed E-state index contributed by atoms with van der Waals surface area (Å²) in [4.78, 5) is 17.9. The molecule has 5 heteroatoms. The number of para-hydroxylation sites is 1. The summed E-state index contributed by atoms with van der Waals surface area (Å²) in [6.07, 6.45) is 1.80. The number of carbonyl (C=O) groups excluding carboxylic acids is 1. The summed E-state index contributed by atoms with van der Waals surface area (Å²) in [5, 5.41) is 0. The van der Waals surface area contributed by atoms with Gasteiger partial charge in [0.2, 0.25) is 0 Å². The quantitative estimate of drug-likeness (QED) is 0.617. The second kappa shape index (κ2) is 7.70. The lowest BCUT2D eigenvalue weighted by Gasteiger charge is -2.08. The van der Waals surface area contributed by atoms with Crippen molar-refractivity contribution in [3.05, 3.63) is 70.5 Å². The van der Waals surface area contributed by atoms with Crippen LogP contribution in [0, 0.1) is 13.8 Å². The molecule has 0 bridgehead atoms. The number of carbonyl (C=O) groups is 1. The van der Waals surface area contributed by atoms with Gasteiger partial charge in [0.1, 0.15) is 11.3 Å². The largest absolute Gasteiger partial charge is 0.492 e. The van der Waals surface area contributed by atoms with Crippen LogP contribution in [0.1, 0.15) is 28.4 Å². The SMILES string of the molecule is C=CCn1c(=NC(=O)c2cc(C)ccc2C)sc2cccc(OCC)c21. The Kier molecular flexibility index (Phi) is 5.38. The standard InChI is InChI=1S/C21H22N2O2S/c1-5-12-23-19-17(25-6-2)8-7-9-18(19)26-21(23)22-20(24)16-13-14(3)10-11-15(16)4/h5,7-11,13H,1,6,12H2,2-4H3. The first kappa shape index (κ1) is 18.1. The smallest absolute Gasteiger partial charge is 0.279 e. The molecule has 1 amide bonds. The van der Waals surface area contributed by atoms with Crippen molar-refractivity contribution in [3.8, 4) is 5.75 Å². The van der Waals surface area contributed by atoms with Gasteiger partial charge in [0.25, 0.3) is 5.91 Å². The number of allylic oxidation sites excluding steroid dienone is 1. The molecule has 1 aromatic heterocycles. The fourth-order valence-electron chi connectivity index (χ4n) is 2.87. The van der Waals surface area contributed by atoms with E-state index in [1.165, 1.54) is 11.3 Å². The van der Waals surface area contributed by atoms with Crippen LogP contribution < -0.4 is 9.54 Å². The Labute approximate surface area is 157 Å². The summed E-state index contributed by atoms with van der Waals surface area (Å²) in [6.45, 7) is 10.8. The third-order valence-electron chi connectivity index (χ3n) is 4.10. The topological polar surface area (TPSA) is 43.6 Å². The Morgan fingerprint density at radius 3 is 2.85 bits per heavy atom. The fraction of sp³-hybridized carbons (Fsp3) is 0.238. The Balaban J connectivity index is 2.20. The lowest BCUT2D eigenvalue weighted by Crippen LogP contribution is -2.17. The van der Waals surface area contributed by atoms with Gasteiger partial charge in [-0.3, -0.25) is 4.79 Å². The zero-order valence-electron chi connectivity index (χ0n) is 15.3.